The van der Waals surface area contributed by atoms with E-state index in [-0.39, 0.29) is 12.5 Å². The molecule has 0 bridgehead atoms. The smallest absolute Gasteiger partial charge is 0.236 e. The van der Waals surface area contributed by atoms with Crippen molar-refractivity contribution in [3.63, 3.8) is 0 Å². The normalized spacial score (nSPS) is 14.8. The monoisotopic (exact) mass is 264 g/mol. The second-order valence-corrected chi connectivity index (χ2v) is 8.14. The second-order valence-electron chi connectivity index (χ2n) is 5.49. The summed E-state index contributed by atoms with van der Waals surface area (Å²) in [6.07, 6.45) is 1.75. The molecule has 0 aromatic heterocycles. The van der Waals surface area contributed by atoms with Crippen LogP contribution in [-0.4, -0.2) is 37.9 Å². The molecule has 0 radical (unpaired) electrons. The van der Waals surface area contributed by atoms with Gasteiger partial charge in [-0.05, 0) is 26.2 Å². The van der Waals surface area contributed by atoms with Gasteiger partial charge < -0.3 is 11.1 Å². The van der Waals surface area contributed by atoms with Gasteiger partial charge in [0.2, 0.25) is 5.91 Å². The van der Waals surface area contributed by atoms with Crippen LogP contribution >= 0.6 is 0 Å². The van der Waals surface area contributed by atoms with Gasteiger partial charge in [-0.2, -0.15) is 0 Å². The van der Waals surface area contributed by atoms with Crippen LogP contribution in [0.4, 0.5) is 0 Å². The third kappa shape index (κ3) is 5.50. The SMILES string of the molecule is CC(C)C[C@H](N)C(=O)NCC(C)(C)S(C)(=O)=O. The topological polar surface area (TPSA) is 89.3 Å². The number of amides is 1. The van der Waals surface area contributed by atoms with Crippen molar-refractivity contribution in [1.82, 2.24) is 5.32 Å². The summed E-state index contributed by atoms with van der Waals surface area (Å²) in [5.41, 5.74) is 5.70. The van der Waals surface area contributed by atoms with E-state index in [4.69, 9.17) is 5.73 Å². The Morgan fingerprint density at radius 2 is 1.82 bits per heavy atom. The summed E-state index contributed by atoms with van der Waals surface area (Å²) < 4.78 is 21.9. The molecule has 1 atom stereocenters. The van der Waals surface area contributed by atoms with E-state index >= 15 is 0 Å². The molecular formula is C11H24N2O3S. The van der Waals surface area contributed by atoms with Gasteiger partial charge in [0.15, 0.2) is 9.84 Å². The molecule has 0 heterocycles. The van der Waals surface area contributed by atoms with Crippen LogP contribution in [0.3, 0.4) is 0 Å². The fraction of sp³-hybridized carbons (Fsp3) is 0.909. The third-order valence-corrected chi connectivity index (χ3v) is 4.91. The average molecular weight is 264 g/mol. The maximum atomic E-state index is 11.6. The van der Waals surface area contributed by atoms with E-state index in [9.17, 15) is 13.2 Å². The van der Waals surface area contributed by atoms with Gasteiger partial charge in [-0.25, -0.2) is 8.42 Å². The van der Waals surface area contributed by atoms with E-state index in [1.165, 1.54) is 0 Å². The first-order valence-corrected chi connectivity index (χ1v) is 7.59. The highest BCUT2D eigenvalue weighted by molar-refractivity contribution is 7.92. The van der Waals surface area contributed by atoms with Gasteiger partial charge in [0.1, 0.15) is 0 Å². The van der Waals surface area contributed by atoms with Crippen LogP contribution in [0.5, 0.6) is 0 Å². The van der Waals surface area contributed by atoms with Crippen molar-refractivity contribution in [3.8, 4) is 0 Å². The van der Waals surface area contributed by atoms with Crippen LogP contribution in [0.15, 0.2) is 0 Å². The highest BCUT2D eigenvalue weighted by Crippen LogP contribution is 2.13. The molecular weight excluding hydrogens is 240 g/mol. The largest absolute Gasteiger partial charge is 0.353 e. The molecule has 0 unspecified atom stereocenters. The summed E-state index contributed by atoms with van der Waals surface area (Å²) in [7, 11) is -3.20. The number of hydrogen-bond donors (Lipinski definition) is 2. The van der Waals surface area contributed by atoms with E-state index in [1.807, 2.05) is 13.8 Å². The van der Waals surface area contributed by atoms with Crippen LogP contribution in [0, 0.1) is 5.92 Å². The van der Waals surface area contributed by atoms with Crippen molar-refractivity contribution < 1.29 is 13.2 Å². The van der Waals surface area contributed by atoms with Crippen LogP contribution in [-0.2, 0) is 14.6 Å². The molecule has 0 spiro atoms. The molecule has 0 fully saturated rings. The molecule has 3 N–H and O–H groups in total. The van der Waals surface area contributed by atoms with Crippen LogP contribution < -0.4 is 11.1 Å². The maximum Gasteiger partial charge on any atom is 0.236 e. The van der Waals surface area contributed by atoms with E-state index in [0.29, 0.717) is 12.3 Å². The molecule has 0 aromatic rings. The van der Waals surface area contributed by atoms with Crippen LogP contribution in [0.1, 0.15) is 34.1 Å². The minimum Gasteiger partial charge on any atom is -0.353 e. The average Bonchev–Trinajstić information content (AvgIpc) is 2.11. The lowest BCUT2D eigenvalue weighted by Gasteiger charge is -2.24. The summed E-state index contributed by atoms with van der Waals surface area (Å²) in [5, 5.41) is 2.59. The van der Waals surface area contributed by atoms with Gasteiger partial charge >= 0.3 is 0 Å². The summed E-state index contributed by atoms with van der Waals surface area (Å²) in [5.74, 6) is 0.0362. The number of carbonyl (C=O) groups excluding carboxylic acids is 1. The molecule has 5 nitrogen and oxygen atoms in total. The maximum absolute atomic E-state index is 11.6. The standard InChI is InChI=1S/C11H24N2O3S/c1-8(2)6-9(12)10(14)13-7-11(3,4)17(5,15)16/h8-9H,6-7,12H2,1-5H3,(H,13,14)/t9-/m0/s1. The molecule has 102 valence electrons. The van der Waals surface area contributed by atoms with E-state index < -0.39 is 20.6 Å². The molecule has 6 heteroatoms. The van der Waals surface area contributed by atoms with Crippen molar-refractivity contribution in [2.45, 2.75) is 44.9 Å². The molecule has 0 aliphatic carbocycles. The Kier molecular flexibility index (Phi) is 5.61. The second kappa shape index (κ2) is 5.82. The van der Waals surface area contributed by atoms with Crippen molar-refractivity contribution in [2.75, 3.05) is 12.8 Å². The Balaban J connectivity index is 4.35. The van der Waals surface area contributed by atoms with Gasteiger partial charge in [-0.1, -0.05) is 13.8 Å². The highest BCUT2D eigenvalue weighted by Gasteiger charge is 2.31. The van der Waals surface area contributed by atoms with Crippen molar-refractivity contribution in [1.29, 1.82) is 0 Å². The van der Waals surface area contributed by atoms with Crippen molar-refractivity contribution >= 4 is 15.7 Å². The number of carbonyl (C=O) groups is 1. The molecule has 0 aliphatic rings. The van der Waals surface area contributed by atoms with E-state index in [1.54, 1.807) is 13.8 Å². The molecule has 0 aromatic carbocycles. The Labute approximate surface area is 104 Å². The minimum atomic E-state index is -3.20. The van der Waals surface area contributed by atoms with Crippen molar-refractivity contribution in [2.24, 2.45) is 11.7 Å². The molecule has 17 heavy (non-hydrogen) atoms. The van der Waals surface area contributed by atoms with Gasteiger partial charge in [0.25, 0.3) is 0 Å². The van der Waals surface area contributed by atoms with Gasteiger partial charge in [-0.3, -0.25) is 4.79 Å². The number of nitrogens with one attached hydrogen (secondary N) is 1. The van der Waals surface area contributed by atoms with Gasteiger partial charge in [0.05, 0.1) is 10.8 Å². The summed E-state index contributed by atoms with van der Waals surface area (Å²) >= 11 is 0. The number of hydrogen-bond acceptors (Lipinski definition) is 4. The zero-order valence-electron chi connectivity index (χ0n) is 11.3. The zero-order chi connectivity index (χ0) is 13.9. The summed E-state index contributed by atoms with van der Waals surface area (Å²) in [6, 6.07) is -0.578. The molecule has 1 amide bonds. The predicted molar refractivity (Wildman–Crippen MR) is 69.4 cm³/mol. The summed E-state index contributed by atoms with van der Waals surface area (Å²) in [6.45, 7) is 7.20. The van der Waals surface area contributed by atoms with Gasteiger partial charge in [-0.15, -0.1) is 0 Å². The Morgan fingerprint density at radius 3 is 2.18 bits per heavy atom. The minimum absolute atomic E-state index is 0.0798. The highest BCUT2D eigenvalue weighted by atomic mass is 32.2. The molecule has 0 rings (SSSR count). The number of sulfone groups is 1. The Hall–Kier alpha value is -0.620. The first-order valence-electron chi connectivity index (χ1n) is 5.70. The Bertz CT molecular complexity index is 361. The van der Waals surface area contributed by atoms with Crippen LogP contribution in [0.2, 0.25) is 0 Å². The number of rotatable bonds is 6. The lowest BCUT2D eigenvalue weighted by atomic mass is 10.0. The van der Waals surface area contributed by atoms with Crippen molar-refractivity contribution in [3.05, 3.63) is 0 Å². The third-order valence-electron chi connectivity index (χ3n) is 2.75. The predicted octanol–water partition coefficient (Wildman–Crippen LogP) is 0.299. The van der Waals surface area contributed by atoms with Gasteiger partial charge in [0, 0.05) is 12.8 Å². The molecule has 0 aliphatic heterocycles. The molecule has 0 saturated heterocycles. The lowest BCUT2D eigenvalue weighted by Crippen LogP contribution is -2.49. The number of nitrogens with two attached hydrogens (primary N) is 1. The zero-order valence-corrected chi connectivity index (χ0v) is 12.1. The first-order chi connectivity index (χ1) is 7.47. The quantitative estimate of drug-likeness (QED) is 0.722. The fourth-order valence-corrected chi connectivity index (χ4v) is 1.51. The van der Waals surface area contributed by atoms with E-state index in [2.05, 4.69) is 5.32 Å². The van der Waals surface area contributed by atoms with Crippen LogP contribution in [0.25, 0.3) is 0 Å². The first kappa shape index (κ1) is 16.4. The summed E-state index contributed by atoms with van der Waals surface area (Å²) in [4.78, 5) is 11.6. The Morgan fingerprint density at radius 1 is 1.35 bits per heavy atom. The lowest BCUT2D eigenvalue weighted by molar-refractivity contribution is -0.122. The fourth-order valence-electron chi connectivity index (χ4n) is 1.18. The van der Waals surface area contributed by atoms with E-state index in [0.717, 1.165) is 6.26 Å². The molecule has 0 saturated carbocycles.